The molecule has 132 valence electrons. The molecule has 0 spiro atoms. The highest BCUT2D eigenvalue weighted by Gasteiger charge is 2.30. The Kier molecular flexibility index (Phi) is 4.67. The maximum absolute atomic E-state index is 12.5. The van der Waals surface area contributed by atoms with Gasteiger partial charge in [0.2, 0.25) is 0 Å². The van der Waals surface area contributed by atoms with Gasteiger partial charge in [0.25, 0.3) is 0 Å². The Morgan fingerprint density at radius 3 is 2.48 bits per heavy atom. The number of fused-ring (bicyclic) bond motifs is 1. The molecule has 0 heterocycles. The zero-order valence-electron chi connectivity index (χ0n) is 13.2. The molecular formula is C18H17F3N2O2. The van der Waals surface area contributed by atoms with Crippen molar-refractivity contribution in [3.63, 3.8) is 0 Å². The Morgan fingerprint density at radius 2 is 1.80 bits per heavy atom. The fourth-order valence-electron chi connectivity index (χ4n) is 2.91. The second-order valence-electron chi connectivity index (χ2n) is 5.99. The topological polar surface area (TPSA) is 61.4 Å². The van der Waals surface area contributed by atoms with Gasteiger partial charge in [-0.15, -0.1) is 0 Å². The molecule has 0 bridgehead atoms. The third-order valence-electron chi connectivity index (χ3n) is 4.18. The van der Waals surface area contributed by atoms with Gasteiger partial charge in [-0.05, 0) is 54.3 Å². The van der Waals surface area contributed by atoms with Crippen molar-refractivity contribution in [3.8, 4) is 0 Å². The monoisotopic (exact) mass is 350 g/mol. The predicted octanol–water partition coefficient (Wildman–Crippen LogP) is 4.20. The Balaban J connectivity index is 1.69. The summed E-state index contributed by atoms with van der Waals surface area (Å²) in [5.74, 6) is 0. The van der Waals surface area contributed by atoms with Crippen LogP contribution in [0.1, 0.15) is 23.1 Å². The molecule has 25 heavy (non-hydrogen) atoms. The number of anilines is 2. The zero-order valence-corrected chi connectivity index (χ0v) is 13.2. The standard InChI is InChI=1S/C18H17F3N2O2/c19-18(20,21)12-5-7-13(8-6-12)22-17(25)23-16-3-1-2-11-4-9-14(24)10-15(11)16/h1-3,5-8,14,24H,4,9-10H2,(H2,22,23,25). The molecule has 1 aliphatic carbocycles. The Labute approximate surface area is 142 Å². The highest BCUT2D eigenvalue weighted by Crippen LogP contribution is 2.30. The van der Waals surface area contributed by atoms with Gasteiger partial charge in [0.15, 0.2) is 0 Å². The maximum atomic E-state index is 12.5. The van der Waals surface area contributed by atoms with Gasteiger partial charge < -0.3 is 15.7 Å². The number of carbonyl (C=O) groups excluding carboxylic acids is 1. The van der Waals surface area contributed by atoms with E-state index in [0.29, 0.717) is 18.5 Å². The molecule has 2 amide bonds. The second kappa shape index (κ2) is 6.76. The van der Waals surface area contributed by atoms with E-state index >= 15 is 0 Å². The molecule has 2 aromatic rings. The molecule has 3 rings (SSSR count). The van der Waals surface area contributed by atoms with Crippen molar-refractivity contribution < 1.29 is 23.1 Å². The number of rotatable bonds is 2. The van der Waals surface area contributed by atoms with E-state index in [1.54, 1.807) is 6.07 Å². The number of alkyl halides is 3. The highest BCUT2D eigenvalue weighted by molar-refractivity contribution is 6.00. The Hall–Kier alpha value is -2.54. The molecule has 0 saturated heterocycles. The molecule has 0 aliphatic heterocycles. The quantitative estimate of drug-likeness (QED) is 0.760. The number of aliphatic hydroxyl groups excluding tert-OH is 1. The summed E-state index contributed by atoms with van der Waals surface area (Å²) in [6.45, 7) is 0. The number of carbonyl (C=O) groups is 1. The average Bonchev–Trinajstić information content (AvgIpc) is 2.55. The molecule has 2 aromatic carbocycles. The predicted molar refractivity (Wildman–Crippen MR) is 88.6 cm³/mol. The van der Waals surface area contributed by atoms with E-state index in [9.17, 15) is 23.1 Å². The summed E-state index contributed by atoms with van der Waals surface area (Å²) in [4.78, 5) is 12.1. The summed E-state index contributed by atoms with van der Waals surface area (Å²) in [6, 6.07) is 9.20. The van der Waals surface area contributed by atoms with E-state index in [0.717, 1.165) is 29.7 Å². The van der Waals surface area contributed by atoms with E-state index in [2.05, 4.69) is 10.6 Å². The summed E-state index contributed by atoms with van der Waals surface area (Å²) in [6.07, 6.45) is -2.95. The molecule has 0 fully saturated rings. The molecule has 3 N–H and O–H groups in total. The first kappa shape index (κ1) is 17.3. The lowest BCUT2D eigenvalue weighted by Gasteiger charge is -2.23. The van der Waals surface area contributed by atoms with Crippen LogP contribution in [-0.2, 0) is 19.0 Å². The van der Waals surface area contributed by atoms with Gasteiger partial charge in [0.1, 0.15) is 0 Å². The first-order valence-electron chi connectivity index (χ1n) is 7.87. The van der Waals surface area contributed by atoms with Gasteiger partial charge in [0.05, 0.1) is 11.7 Å². The first-order valence-corrected chi connectivity index (χ1v) is 7.87. The van der Waals surface area contributed by atoms with Crippen LogP contribution < -0.4 is 10.6 Å². The maximum Gasteiger partial charge on any atom is 0.416 e. The minimum atomic E-state index is -4.41. The van der Waals surface area contributed by atoms with E-state index in [-0.39, 0.29) is 5.69 Å². The summed E-state index contributed by atoms with van der Waals surface area (Å²) in [5, 5.41) is 15.0. The Bertz CT molecular complexity index is 773. The van der Waals surface area contributed by atoms with Crippen LogP contribution in [0.4, 0.5) is 29.3 Å². The Morgan fingerprint density at radius 1 is 1.08 bits per heavy atom. The third-order valence-corrected chi connectivity index (χ3v) is 4.18. The largest absolute Gasteiger partial charge is 0.416 e. The van der Waals surface area contributed by atoms with E-state index in [1.165, 1.54) is 12.1 Å². The number of urea groups is 1. The van der Waals surface area contributed by atoms with Crippen molar-refractivity contribution in [2.45, 2.75) is 31.5 Å². The molecular weight excluding hydrogens is 333 g/mol. The lowest BCUT2D eigenvalue weighted by Crippen LogP contribution is -2.24. The van der Waals surface area contributed by atoms with Crippen LogP contribution in [0.3, 0.4) is 0 Å². The summed E-state index contributed by atoms with van der Waals surface area (Å²) < 4.78 is 37.6. The zero-order chi connectivity index (χ0) is 18.0. The van der Waals surface area contributed by atoms with Crippen molar-refractivity contribution in [2.24, 2.45) is 0 Å². The number of nitrogens with one attached hydrogen (secondary N) is 2. The van der Waals surface area contributed by atoms with E-state index < -0.39 is 23.9 Å². The molecule has 7 heteroatoms. The summed E-state index contributed by atoms with van der Waals surface area (Å²) in [5.41, 5.74) is 2.06. The molecule has 0 aromatic heterocycles. The van der Waals surface area contributed by atoms with Crippen LogP contribution >= 0.6 is 0 Å². The van der Waals surface area contributed by atoms with Crippen molar-refractivity contribution >= 4 is 17.4 Å². The van der Waals surface area contributed by atoms with Crippen molar-refractivity contribution in [3.05, 3.63) is 59.2 Å². The number of aryl methyl sites for hydroxylation is 1. The van der Waals surface area contributed by atoms with Gasteiger partial charge in [0, 0.05) is 17.8 Å². The molecule has 0 radical (unpaired) electrons. The SMILES string of the molecule is O=C(Nc1ccc(C(F)(F)F)cc1)Nc1cccc2c1CC(O)CC2. The highest BCUT2D eigenvalue weighted by atomic mass is 19.4. The van der Waals surface area contributed by atoms with Crippen LogP contribution in [0.5, 0.6) is 0 Å². The second-order valence-corrected chi connectivity index (χ2v) is 5.99. The van der Waals surface area contributed by atoms with E-state index in [4.69, 9.17) is 0 Å². The number of aliphatic hydroxyl groups is 1. The fraction of sp³-hybridized carbons (Fsp3) is 0.278. The lowest BCUT2D eigenvalue weighted by atomic mass is 9.88. The van der Waals surface area contributed by atoms with Gasteiger partial charge in [-0.1, -0.05) is 12.1 Å². The molecule has 1 unspecified atom stereocenters. The molecule has 4 nitrogen and oxygen atoms in total. The van der Waals surface area contributed by atoms with Gasteiger partial charge >= 0.3 is 12.2 Å². The molecule has 1 atom stereocenters. The number of hydrogen-bond acceptors (Lipinski definition) is 2. The minimum Gasteiger partial charge on any atom is -0.393 e. The smallest absolute Gasteiger partial charge is 0.393 e. The van der Waals surface area contributed by atoms with Crippen LogP contribution in [0.2, 0.25) is 0 Å². The van der Waals surface area contributed by atoms with Gasteiger partial charge in [-0.3, -0.25) is 0 Å². The number of amides is 2. The van der Waals surface area contributed by atoms with Crippen LogP contribution in [0.25, 0.3) is 0 Å². The van der Waals surface area contributed by atoms with Crippen LogP contribution in [-0.4, -0.2) is 17.2 Å². The van der Waals surface area contributed by atoms with Crippen molar-refractivity contribution in [1.82, 2.24) is 0 Å². The lowest BCUT2D eigenvalue weighted by molar-refractivity contribution is -0.137. The molecule has 0 saturated carbocycles. The van der Waals surface area contributed by atoms with E-state index in [1.807, 2.05) is 12.1 Å². The van der Waals surface area contributed by atoms with Gasteiger partial charge in [-0.2, -0.15) is 13.2 Å². The van der Waals surface area contributed by atoms with Gasteiger partial charge in [-0.25, -0.2) is 4.79 Å². The van der Waals surface area contributed by atoms with Crippen LogP contribution in [0.15, 0.2) is 42.5 Å². The van der Waals surface area contributed by atoms with Crippen molar-refractivity contribution in [2.75, 3.05) is 10.6 Å². The normalized spacial score (nSPS) is 16.9. The van der Waals surface area contributed by atoms with Crippen LogP contribution in [0, 0.1) is 0 Å². The molecule has 1 aliphatic rings. The summed E-state index contributed by atoms with van der Waals surface area (Å²) >= 11 is 0. The minimum absolute atomic E-state index is 0.260. The third kappa shape index (κ3) is 4.11. The number of halogens is 3. The summed E-state index contributed by atoms with van der Waals surface area (Å²) in [7, 11) is 0. The first-order chi connectivity index (χ1) is 11.8. The average molecular weight is 350 g/mol. The fourth-order valence-corrected chi connectivity index (χ4v) is 2.91. The number of benzene rings is 2. The number of hydrogen-bond donors (Lipinski definition) is 3. The van der Waals surface area contributed by atoms with Crippen molar-refractivity contribution in [1.29, 1.82) is 0 Å².